The van der Waals surface area contributed by atoms with Crippen LogP contribution < -0.4 is 10.6 Å². The summed E-state index contributed by atoms with van der Waals surface area (Å²) >= 11 is 3.49. The fraction of sp³-hybridized carbons (Fsp3) is 0.111. The molecule has 0 radical (unpaired) electrons. The highest BCUT2D eigenvalue weighted by Crippen LogP contribution is 2.27. The molecule has 134 valence electrons. The number of phenolic OH excluding ortho intramolecular Hbond substituents is 1. The fourth-order valence-electron chi connectivity index (χ4n) is 2.42. The Morgan fingerprint density at radius 3 is 2.85 bits per heavy atom. The van der Waals surface area contributed by atoms with E-state index in [1.54, 1.807) is 11.6 Å². The lowest BCUT2D eigenvalue weighted by Crippen LogP contribution is -2.33. The van der Waals surface area contributed by atoms with Gasteiger partial charge < -0.3 is 10.4 Å². The Labute approximate surface area is 167 Å². The zero-order chi connectivity index (χ0) is 18.5. The van der Waals surface area contributed by atoms with Gasteiger partial charge in [0, 0.05) is 27.3 Å². The number of carbonyl (C=O) groups is 1. The molecule has 0 fully saturated rings. The maximum atomic E-state index is 13.7. The third kappa shape index (κ3) is 4.57. The first-order chi connectivity index (χ1) is 12.5. The zero-order valence-corrected chi connectivity index (χ0v) is 16.4. The number of halogens is 2. The van der Waals surface area contributed by atoms with Crippen LogP contribution in [0.1, 0.15) is 17.2 Å². The summed E-state index contributed by atoms with van der Waals surface area (Å²) in [6, 6.07) is 10.3. The van der Waals surface area contributed by atoms with Crippen LogP contribution in [0.3, 0.4) is 0 Å². The summed E-state index contributed by atoms with van der Waals surface area (Å²) in [6.45, 7) is 0.380. The molecule has 3 N–H and O–H groups in total. The third-order valence-electron chi connectivity index (χ3n) is 3.68. The maximum Gasteiger partial charge on any atom is 0.248 e. The van der Waals surface area contributed by atoms with Crippen molar-refractivity contribution < 1.29 is 14.3 Å². The van der Waals surface area contributed by atoms with E-state index in [0.29, 0.717) is 11.7 Å². The van der Waals surface area contributed by atoms with Gasteiger partial charge in [0.05, 0.1) is 0 Å². The van der Waals surface area contributed by atoms with Crippen LogP contribution in [-0.4, -0.2) is 16.0 Å². The van der Waals surface area contributed by atoms with E-state index in [9.17, 15) is 14.3 Å². The van der Waals surface area contributed by atoms with Gasteiger partial charge in [-0.2, -0.15) is 0 Å². The van der Waals surface area contributed by atoms with Crippen molar-refractivity contribution >= 4 is 45.0 Å². The second-order valence-electron chi connectivity index (χ2n) is 5.43. The number of aromatic nitrogens is 1. The second-order valence-corrected chi connectivity index (χ2v) is 7.49. The smallest absolute Gasteiger partial charge is 0.248 e. The monoisotopic (exact) mass is 483 g/mol. The molecule has 0 aliphatic carbocycles. The van der Waals surface area contributed by atoms with Crippen molar-refractivity contribution in [1.82, 2.24) is 10.3 Å². The third-order valence-corrected chi connectivity index (χ3v) is 5.42. The first-order valence-corrected chi connectivity index (χ1v) is 9.66. The van der Waals surface area contributed by atoms with E-state index in [-0.39, 0.29) is 11.3 Å². The van der Waals surface area contributed by atoms with Crippen molar-refractivity contribution in [3.8, 4) is 5.75 Å². The number of anilines is 1. The van der Waals surface area contributed by atoms with Crippen LogP contribution in [0.2, 0.25) is 0 Å². The van der Waals surface area contributed by atoms with Crippen molar-refractivity contribution in [2.24, 2.45) is 0 Å². The predicted octanol–water partition coefficient (Wildman–Crippen LogP) is 4.06. The number of thiazole rings is 1. The Morgan fingerprint density at radius 2 is 2.12 bits per heavy atom. The van der Waals surface area contributed by atoms with E-state index in [4.69, 9.17) is 0 Å². The van der Waals surface area contributed by atoms with Gasteiger partial charge in [0.2, 0.25) is 5.91 Å². The minimum absolute atomic E-state index is 0.152. The largest absolute Gasteiger partial charge is 0.508 e. The maximum absolute atomic E-state index is 13.7. The first kappa shape index (κ1) is 18.7. The number of aromatic hydroxyl groups is 1. The molecule has 2 aromatic carbocycles. The number of hydrogen-bond acceptors (Lipinski definition) is 5. The standard InChI is InChI=1S/C18H15FIN3O2S/c19-12-5-6-15(24)13(9-12)16(17(25)23-18-21-7-8-26-18)22-10-11-3-1-2-4-14(11)20/h1-9,16,22,24H,10H2,(H,21,23,25). The zero-order valence-electron chi connectivity index (χ0n) is 13.4. The molecular formula is C18H15FIN3O2S. The summed E-state index contributed by atoms with van der Waals surface area (Å²) in [7, 11) is 0. The molecule has 5 nitrogen and oxygen atoms in total. The summed E-state index contributed by atoms with van der Waals surface area (Å²) in [5, 5.41) is 18.1. The fourth-order valence-corrected chi connectivity index (χ4v) is 3.53. The summed E-state index contributed by atoms with van der Waals surface area (Å²) in [4.78, 5) is 16.8. The minimum Gasteiger partial charge on any atom is -0.508 e. The normalized spacial score (nSPS) is 11.9. The average Bonchev–Trinajstić information content (AvgIpc) is 3.12. The molecule has 1 unspecified atom stereocenters. The van der Waals surface area contributed by atoms with Gasteiger partial charge in [-0.05, 0) is 52.4 Å². The summed E-state index contributed by atoms with van der Waals surface area (Å²) in [5.41, 5.74) is 1.17. The molecule has 3 rings (SSSR count). The Bertz CT molecular complexity index is 905. The summed E-state index contributed by atoms with van der Waals surface area (Å²) < 4.78 is 14.7. The molecule has 8 heteroatoms. The minimum atomic E-state index is -0.939. The topological polar surface area (TPSA) is 74.2 Å². The lowest BCUT2D eigenvalue weighted by molar-refractivity contribution is -0.118. The van der Waals surface area contributed by atoms with Crippen LogP contribution in [0.15, 0.2) is 54.0 Å². The highest BCUT2D eigenvalue weighted by molar-refractivity contribution is 14.1. The number of phenols is 1. The van der Waals surface area contributed by atoms with Crippen LogP contribution in [0.5, 0.6) is 5.75 Å². The van der Waals surface area contributed by atoms with Crippen LogP contribution in [0.4, 0.5) is 9.52 Å². The summed E-state index contributed by atoms with van der Waals surface area (Å²) in [5.74, 6) is -1.10. The molecule has 1 aromatic heterocycles. The van der Waals surface area contributed by atoms with Gasteiger partial charge in [-0.3, -0.25) is 10.1 Å². The molecule has 0 bridgehead atoms. The highest BCUT2D eigenvalue weighted by atomic mass is 127. The lowest BCUT2D eigenvalue weighted by atomic mass is 10.0. The van der Waals surface area contributed by atoms with Gasteiger partial charge in [0.15, 0.2) is 5.13 Å². The number of nitrogens with one attached hydrogen (secondary N) is 2. The van der Waals surface area contributed by atoms with Crippen molar-refractivity contribution in [2.45, 2.75) is 12.6 Å². The molecule has 1 heterocycles. The predicted molar refractivity (Wildman–Crippen MR) is 108 cm³/mol. The Hall–Kier alpha value is -2.04. The Balaban J connectivity index is 1.86. The second kappa shape index (κ2) is 8.56. The molecular weight excluding hydrogens is 468 g/mol. The van der Waals surface area contributed by atoms with Gasteiger partial charge >= 0.3 is 0 Å². The van der Waals surface area contributed by atoms with Crippen molar-refractivity contribution in [3.05, 3.63) is 74.6 Å². The van der Waals surface area contributed by atoms with Crippen molar-refractivity contribution in [1.29, 1.82) is 0 Å². The Morgan fingerprint density at radius 1 is 1.31 bits per heavy atom. The van der Waals surface area contributed by atoms with Crippen LogP contribution in [0.25, 0.3) is 0 Å². The molecule has 0 saturated heterocycles. The quantitative estimate of drug-likeness (QED) is 0.463. The lowest BCUT2D eigenvalue weighted by Gasteiger charge is -2.20. The average molecular weight is 483 g/mol. The number of nitrogens with zero attached hydrogens (tertiary/aromatic N) is 1. The highest BCUT2D eigenvalue weighted by Gasteiger charge is 2.24. The molecule has 3 aromatic rings. The molecule has 0 aliphatic rings. The SMILES string of the molecule is O=C(Nc1nccs1)C(NCc1ccccc1I)c1cc(F)ccc1O. The van der Waals surface area contributed by atoms with E-state index in [1.165, 1.54) is 17.4 Å². The summed E-state index contributed by atoms with van der Waals surface area (Å²) in [6.07, 6.45) is 1.58. The van der Waals surface area contributed by atoms with E-state index >= 15 is 0 Å². The molecule has 26 heavy (non-hydrogen) atoms. The number of amides is 1. The number of rotatable bonds is 6. The molecule has 1 amide bonds. The number of benzene rings is 2. The molecule has 0 aliphatic heterocycles. The van der Waals surface area contributed by atoms with Crippen molar-refractivity contribution in [2.75, 3.05) is 5.32 Å². The van der Waals surface area contributed by atoms with E-state index in [2.05, 4.69) is 38.2 Å². The number of carbonyl (C=O) groups excluding carboxylic acids is 1. The number of hydrogen-bond donors (Lipinski definition) is 3. The Kier molecular flexibility index (Phi) is 6.17. The van der Waals surface area contributed by atoms with Crippen LogP contribution in [-0.2, 0) is 11.3 Å². The molecule has 0 spiro atoms. The first-order valence-electron chi connectivity index (χ1n) is 7.70. The van der Waals surface area contributed by atoms with Gasteiger partial charge in [-0.25, -0.2) is 9.37 Å². The van der Waals surface area contributed by atoms with E-state index < -0.39 is 17.8 Å². The van der Waals surface area contributed by atoms with E-state index in [0.717, 1.165) is 21.3 Å². The molecule has 1 atom stereocenters. The van der Waals surface area contributed by atoms with Gasteiger partial charge in [-0.15, -0.1) is 11.3 Å². The van der Waals surface area contributed by atoms with Gasteiger partial charge in [0.25, 0.3) is 0 Å². The van der Waals surface area contributed by atoms with Gasteiger partial charge in [-0.1, -0.05) is 18.2 Å². The van der Waals surface area contributed by atoms with Crippen LogP contribution >= 0.6 is 33.9 Å². The molecule has 0 saturated carbocycles. The van der Waals surface area contributed by atoms with Crippen LogP contribution in [0, 0.1) is 9.39 Å². The van der Waals surface area contributed by atoms with Crippen molar-refractivity contribution in [3.63, 3.8) is 0 Å². The van der Waals surface area contributed by atoms with Gasteiger partial charge in [0.1, 0.15) is 17.6 Å². The van der Waals surface area contributed by atoms with E-state index in [1.807, 2.05) is 24.3 Å².